The van der Waals surface area contributed by atoms with Crippen molar-refractivity contribution in [2.24, 2.45) is 11.8 Å². The highest BCUT2D eigenvalue weighted by atomic mass is 32.2. The highest BCUT2D eigenvalue weighted by Crippen LogP contribution is 2.29. The van der Waals surface area contributed by atoms with E-state index in [1.807, 2.05) is 12.1 Å². The molecule has 0 unspecified atom stereocenters. The fraction of sp³-hybridized carbons (Fsp3) is 0.480. The third-order valence-electron chi connectivity index (χ3n) is 7.04. The summed E-state index contributed by atoms with van der Waals surface area (Å²) in [7, 11) is -3.96. The normalized spacial score (nSPS) is 20.4. The minimum atomic E-state index is -3.96. The lowest BCUT2D eigenvalue weighted by molar-refractivity contribution is -0.387. The predicted molar refractivity (Wildman–Crippen MR) is 129 cm³/mol. The largest absolute Gasteiger partial charge is 0.352 e. The van der Waals surface area contributed by atoms with Crippen LogP contribution in [0.5, 0.6) is 0 Å². The van der Waals surface area contributed by atoms with Gasteiger partial charge < -0.3 is 5.32 Å². The number of nitrogens with one attached hydrogen (secondary N) is 2. The fourth-order valence-corrected chi connectivity index (χ4v) is 6.28. The van der Waals surface area contributed by atoms with Crippen LogP contribution in [-0.4, -0.2) is 32.3 Å². The molecule has 1 amide bonds. The number of rotatable bonds is 8. The third kappa shape index (κ3) is 5.82. The number of aryl methyl sites for hydroxylation is 2. The Labute approximate surface area is 200 Å². The molecular weight excluding hydrogens is 454 g/mol. The predicted octanol–water partition coefficient (Wildman–Crippen LogP) is 3.99. The summed E-state index contributed by atoms with van der Waals surface area (Å²) in [5.74, 6) is 0.502. The summed E-state index contributed by atoms with van der Waals surface area (Å²) in [6.07, 6.45) is 8.04. The Bertz CT molecular complexity index is 1160. The van der Waals surface area contributed by atoms with Gasteiger partial charge in [-0.05, 0) is 92.5 Å². The smallest absolute Gasteiger partial charge is 0.289 e. The number of hydrogen-bond donors (Lipinski definition) is 2. The summed E-state index contributed by atoms with van der Waals surface area (Å²) in [5.41, 5.74) is 2.95. The molecule has 0 aromatic heterocycles. The number of nitro benzene ring substituents is 1. The zero-order chi connectivity index (χ0) is 24.1. The summed E-state index contributed by atoms with van der Waals surface area (Å²) in [6.45, 7) is 0.868. The first-order valence-electron chi connectivity index (χ1n) is 12.0. The van der Waals surface area contributed by atoms with Crippen molar-refractivity contribution in [3.05, 3.63) is 69.3 Å². The van der Waals surface area contributed by atoms with Gasteiger partial charge in [0.1, 0.15) is 0 Å². The van der Waals surface area contributed by atoms with Gasteiger partial charge in [-0.25, -0.2) is 13.1 Å². The van der Waals surface area contributed by atoms with Gasteiger partial charge in [-0.3, -0.25) is 14.9 Å². The maximum atomic E-state index is 12.6. The lowest BCUT2D eigenvalue weighted by Crippen LogP contribution is -2.34. The van der Waals surface area contributed by atoms with E-state index < -0.39 is 20.6 Å². The molecule has 8 nitrogen and oxygen atoms in total. The molecule has 0 radical (unpaired) electrons. The zero-order valence-corrected chi connectivity index (χ0v) is 20.0. The van der Waals surface area contributed by atoms with E-state index in [2.05, 4.69) is 16.1 Å². The molecule has 0 heterocycles. The molecule has 2 aliphatic rings. The van der Waals surface area contributed by atoms with Crippen LogP contribution in [0.2, 0.25) is 0 Å². The van der Waals surface area contributed by atoms with Crippen molar-refractivity contribution in [1.82, 2.24) is 10.0 Å². The monoisotopic (exact) mass is 485 g/mol. The number of sulfonamides is 1. The summed E-state index contributed by atoms with van der Waals surface area (Å²) in [4.78, 5) is 22.8. The van der Waals surface area contributed by atoms with E-state index >= 15 is 0 Å². The molecule has 0 saturated heterocycles. The average Bonchev–Trinajstić information content (AvgIpc) is 2.86. The number of amides is 1. The number of nitrogens with zero attached hydrogens (tertiary/aromatic N) is 1. The molecule has 0 aliphatic heterocycles. The molecule has 2 aliphatic carbocycles. The van der Waals surface area contributed by atoms with Crippen molar-refractivity contribution in [3.63, 3.8) is 0 Å². The van der Waals surface area contributed by atoms with E-state index in [1.165, 1.54) is 48.2 Å². The topological polar surface area (TPSA) is 118 Å². The molecule has 1 saturated carbocycles. The van der Waals surface area contributed by atoms with Crippen molar-refractivity contribution in [3.8, 4) is 0 Å². The quantitative estimate of drug-likeness (QED) is 0.433. The van der Waals surface area contributed by atoms with Gasteiger partial charge in [0.05, 0.1) is 4.92 Å². The number of para-hydroxylation sites is 1. The van der Waals surface area contributed by atoms with Crippen LogP contribution in [-0.2, 0) is 22.9 Å². The van der Waals surface area contributed by atoms with Gasteiger partial charge in [-0.15, -0.1) is 0 Å². The molecular formula is C25H31N3O5S. The number of carbonyl (C=O) groups excluding carboxylic acids is 1. The molecule has 0 bridgehead atoms. The number of fused-ring (bicyclic) bond motifs is 1. The lowest BCUT2D eigenvalue weighted by atomic mass is 9.82. The Morgan fingerprint density at radius 3 is 2.29 bits per heavy atom. The molecule has 1 fully saturated rings. The summed E-state index contributed by atoms with van der Waals surface area (Å²) < 4.78 is 27.8. The Hall–Kier alpha value is -2.78. The molecule has 0 atom stereocenters. The van der Waals surface area contributed by atoms with Gasteiger partial charge in [0.25, 0.3) is 11.6 Å². The maximum Gasteiger partial charge on any atom is 0.289 e. The van der Waals surface area contributed by atoms with Crippen LogP contribution in [0.4, 0.5) is 5.69 Å². The Balaban J connectivity index is 1.23. The molecule has 4 rings (SSSR count). The van der Waals surface area contributed by atoms with Crippen molar-refractivity contribution in [1.29, 1.82) is 0 Å². The molecule has 0 spiro atoms. The first-order valence-corrected chi connectivity index (χ1v) is 13.4. The summed E-state index contributed by atoms with van der Waals surface area (Å²) in [5, 5.41) is 14.2. The van der Waals surface area contributed by atoms with E-state index in [-0.39, 0.29) is 23.3 Å². The molecule has 2 aromatic rings. The van der Waals surface area contributed by atoms with Crippen LogP contribution >= 0.6 is 0 Å². The van der Waals surface area contributed by atoms with Crippen LogP contribution in [0.25, 0.3) is 0 Å². The zero-order valence-electron chi connectivity index (χ0n) is 19.2. The fourth-order valence-electron chi connectivity index (χ4n) is 4.99. The van der Waals surface area contributed by atoms with Gasteiger partial charge in [-0.1, -0.05) is 18.2 Å². The standard InChI is InChI=1S/C25H31N3O5S/c29-25(22-14-13-20-5-1-2-6-21(20)15-22)26-16-18-9-11-19(12-10-18)17-27-34(32,33)24-8-4-3-7-23(24)28(30)31/h3-4,7-8,13-15,18-19,27H,1-2,5-6,9-12,16-17H2,(H,26,29). The molecule has 2 N–H and O–H groups in total. The van der Waals surface area contributed by atoms with Crippen molar-refractivity contribution in [2.45, 2.75) is 56.3 Å². The van der Waals surface area contributed by atoms with Crippen molar-refractivity contribution in [2.75, 3.05) is 13.1 Å². The van der Waals surface area contributed by atoms with Gasteiger partial charge in [-0.2, -0.15) is 0 Å². The maximum absolute atomic E-state index is 12.6. The Morgan fingerprint density at radius 1 is 0.941 bits per heavy atom. The molecule has 9 heteroatoms. The van der Waals surface area contributed by atoms with Gasteiger partial charge in [0.15, 0.2) is 4.90 Å². The van der Waals surface area contributed by atoms with Gasteiger partial charge in [0.2, 0.25) is 10.0 Å². The van der Waals surface area contributed by atoms with Gasteiger partial charge in [0, 0.05) is 24.7 Å². The van der Waals surface area contributed by atoms with Crippen LogP contribution in [0.1, 0.15) is 60.0 Å². The first kappa shape index (κ1) is 24.3. The SMILES string of the molecule is O=C(NCC1CCC(CNS(=O)(=O)c2ccccc2[N+](=O)[O-])CC1)c1ccc2c(c1)CCCC2. The molecule has 182 valence electrons. The highest BCUT2D eigenvalue weighted by molar-refractivity contribution is 7.89. The molecule has 2 aromatic carbocycles. The van der Waals surface area contributed by atoms with Gasteiger partial charge >= 0.3 is 0 Å². The lowest BCUT2D eigenvalue weighted by Gasteiger charge is -2.28. The Kier molecular flexibility index (Phi) is 7.63. The first-order chi connectivity index (χ1) is 16.3. The number of nitro groups is 1. The minimum absolute atomic E-state index is 0.0345. The summed E-state index contributed by atoms with van der Waals surface area (Å²) >= 11 is 0. The van der Waals surface area contributed by atoms with E-state index in [9.17, 15) is 23.3 Å². The van der Waals surface area contributed by atoms with E-state index in [0.29, 0.717) is 12.5 Å². The second kappa shape index (κ2) is 10.7. The Morgan fingerprint density at radius 2 is 1.59 bits per heavy atom. The minimum Gasteiger partial charge on any atom is -0.352 e. The highest BCUT2D eigenvalue weighted by Gasteiger charge is 2.27. The second-order valence-corrected chi connectivity index (χ2v) is 11.1. The van der Waals surface area contributed by atoms with Crippen molar-refractivity contribution >= 4 is 21.6 Å². The average molecular weight is 486 g/mol. The van der Waals surface area contributed by atoms with Crippen LogP contribution in [0.3, 0.4) is 0 Å². The molecule has 34 heavy (non-hydrogen) atoms. The second-order valence-electron chi connectivity index (χ2n) is 9.36. The van der Waals surface area contributed by atoms with Crippen LogP contribution in [0.15, 0.2) is 47.4 Å². The number of hydrogen-bond acceptors (Lipinski definition) is 5. The van der Waals surface area contributed by atoms with E-state index in [4.69, 9.17) is 0 Å². The van der Waals surface area contributed by atoms with Crippen LogP contribution in [0, 0.1) is 22.0 Å². The summed E-state index contributed by atoms with van der Waals surface area (Å²) in [6, 6.07) is 11.4. The van der Waals surface area contributed by atoms with E-state index in [0.717, 1.165) is 44.1 Å². The number of benzene rings is 2. The van der Waals surface area contributed by atoms with Crippen LogP contribution < -0.4 is 10.0 Å². The number of carbonyl (C=O) groups is 1. The van der Waals surface area contributed by atoms with Crippen molar-refractivity contribution < 1.29 is 18.1 Å². The van der Waals surface area contributed by atoms with E-state index in [1.54, 1.807) is 0 Å². The third-order valence-corrected chi connectivity index (χ3v) is 8.51.